The van der Waals surface area contributed by atoms with Crippen molar-refractivity contribution in [1.29, 1.82) is 0 Å². The number of fused-ring (bicyclic) bond motifs is 4. The minimum atomic E-state index is -1.01. The SMILES string of the molecule is Cc1cc2ncc3cc(-c4ccccc4Cl)c(-c4ccc([C@]5(N6C(=O)c7ccccc7C6=O)C[C@](C)(O)C5)cc4)nc3n2n1. The lowest BCUT2D eigenvalue weighted by atomic mass is 9.61. The molecule has 1 N–H and O–H groups in total. The van der Waals surface area contributed by atoms with E-state index in [9.17, 15) is 14.7 Å². The Morgan fingerprint density at radius 2 is 1.48 bits per heavy atom. The van der Waals surface area contributed by atoms with Gasteiger partial charge in [0.2, 0.25) is 0 Å². The van der Waals surface area contributed by atoms with Crippen LogP contribution in [-0.4, -0.2) is 47.0 Å². The maximum absolute atomic E-state index is 13.6. The zero-order valence-corrected chi connectivity index (χ0v) is 24.7. The molecule has 0 spiro atoms. The zero-order chi connectivity index (χ0) is 30.4. The Morgan fingerprint density at radius 3 is 2.11 bits per heavy atom. The largest absolute Gasteiger partial charge is 0.390 e. The van der Waals surface area contributed by atoms with E-state index in [4.69, 9.17) is 16.6 Å². The summed E-state index contributed by atoms with van der Waals surface area (Å²) in [5.41, 5.74) is 4.97. The number of pyridine rings is 1. The molecular formula is C35H26ClN5O3. The molecule has 9 heteroatoms. The highest BCUT2D eigenvalue weighted by Crippen LogP contribution is 2.54. The summed E-state index contributed by atoms with van der Waals surface area (Å²) < 4.78 is 1.74. The van der Waals surface area contributed by atoms with Gasteiger partial charge in [0.15, 0.2) is 11.3 Å². The Bertz CT molecular complexity index is 2140. The molecule has 1 saturated carbocycles. The van der Waals surface area contributed by atoms with Crippen LogP contribution < -0.4 is 0 Å². The van der Waals surface area contributed by atoms with Crippen LogP contribution in [0.25, 0.3) is 39.1 Å². The first-order chi connectivity index (χ1) is 21.1. The van der Waals surface area contributed by atoms with Crippen LogP contribution in [0.4, 0.5) is 0 Å². The lowest BCUT2D eigenvalue weighted by molar-refractivity contribution is -0.118. The molecule has 8 rings (SSSR count). The van der Waals surface area contributed by atoms with E-state index in [0.29, 0.717) is 33.1 Å². The van der Waals surface area contributed by atoms with E-state index < -0.39 is 11.1 Å². The first-order valence-corrected chi connectivity index (χ1v) is 14.8. The monoisotopic (exact) mass is 599 g/mol. The Morgan fingerprint density at radius 1 is 0.841 bits per heavy atom. The van der Waals surface area contributed by atoms with Crippen molar-refractivity contribution in [2.45, 2.75) is 37.8 Å². The number of nitrogens with zero attached hydrogens (tertiary/aromatic N) is 5. The van der Waals surface area contributed by atoms with Crippen molar-refractivity contribution in [2.75, 3.05) is 0 Å². The number of aromatic nitrogens is 4. The van der Waals surface area contributed by atoms with Gasteiger partial charge in [-0.3, -0.25) is 14.5 Å². The van der Waals surface area contributed by atoms with Gasteiger partial charge in [0.05, 0.1) is 33.7 Å². The topological polar surface area (TPSA) is 101 Å². The number of hydrogen-bond donors (Lipinski definition) is 1. The first kappa shape index (κ1) is 26.7. The number of benzene rings is 3. The summed E-state index contributed by atoms with van der Waals surface area (Å²) in [5, 5.41) is 16.9. The van der Waals surface area contributed by atoms with Crippen LogP contribution in [0.15, 0.2) is 91.1 Å². The van der Waals surface area contributed by atoms with Crippen molar-refractivity contribution >= 4 is 40.1 Å². The predicted molar refractivity (Wildman–Crippen MR) is 167 cm³/mol. The molecular weight excluding hydrogens is 574 g/mol. The van der Waals surface area contributed by atoms with E-state index in [1.54, 1.807) is 41.9 Å². The van der Waals surface area contributed by atoms with E-state index in [1.807, 2.05) is 67.6 Å². The molecule has 8 nitrogen and oxygen atoms in total. The number of halogens is 1. The van der Waals surface area contributed by atoms with Crippen molar-refractivity contribution in [3.8, 4) is 22.4 Å². The molecule has 216 valence electrons. The molecule has 1 fully saturated rings. The highest BCUT2D eigenvalue weighted by molar-refractivity contribution is 6.33. The van der Waals surface area contributed by atoms with E-state index >= 15 is 0 Å². The van der Waals surface area contributed by atoms with E-state index in [0.717, 1.165) is 33.3 Å². The summed E-state index contributed by atoms with van der Waals surface area (Å²) in [6.45, 7) is 3.65. The Labute approximate surface area is 257 Å². The smallest absolute Gasteiger partial charge is 0.262 e. The van der Waals surface area contributed by atoms with Crippen molar-refractivity contribution in [2.24, 2.45) is 0 Å². The number of carbonyl (C=O) groups is 2. The molecule has 6 aromatic rings. The number of carbonyl (C=O) groups excluding carboxylic acids is 2. The molecule has 3 aromatic carbocycles. The highest BCUT2D eigenvalue weighted by atomic mass is 35.5. The van der Waals surface area contributed by atoms with Crippen LogP contribution >= 0.6 is 11.6 Å². The van der Waals surface area contributed by atoms with Gasteiger partial charge in [0.25, 0.3) is 11.8 Å². The molecule has 0 radical (unpaired) electrons. The van der Waals surface area contributed by atoms with Crippen LogP contribution in [0.5, 0.6) is 0 Å². The Balaban J connectivity index is 1.28. The molecule has 2 amide bonds. The van der Waals surface area contributed by atoms with Gasteiger partial charge in [-0.15, -0.1) is 0 Å². The second-order valence-corrected chi connectivity index (χ2v) is 12.4. The number of amides is 2. The number of aliphatic hydroxyl groups is 1. The van der Waals surface area contributed by atoms with Gasteiger partial charge in [0, 0.05) is 52.2 Å². The van der Waals surface area contributed by atoms with Crippen LogP contribution in [0, 0.1) is 6.92 Å². The van der Waals surface area contributed by atoms with E-state index in [2.05, 4.69) is 10.1 Å². The summed E-state index contributed by atoms with van der Waals surface area (Å²) in [6, 6.07) is 26.2. The lowest BCUT2D eigenvalue weighted by Crippen LogP contribution is -2.63. The molecule has 1 aliphatic heterocycles. The lowest BCUT2D eigenvalue weighted by Gasteiger charge is -2.55. The first-order valence-electron chi connectivity index (χ1n) is 14.4. The number of aryl methyl sites for hydroxylation is 1. The summed E-state index contributed by atoms with van der Waals surface area (Å²) in [6.07, 6.45) is 2.28. The summed E-state index contributed by atoms with van der Waals surface area (Å²) in [4.78, 5) is 38.2. The van der Waals surface area contributed by atoms with Crippen molar-refractivity contribution in [3.05, 3.63) is 119 Å². The van der Waals surface area contributed by atoms with Gasteiger partial charge < -0.3 is 5.11 Å². The summed E-state index contributed by atoms with van der Waals surface area (Å²) in [7, 11) is 0. The fourth-order valence-electron chi connectivity index (χ4n) is 6.97. The minimum absolute atomic E-state index is 0.244. The second-order valence-electron chi connectivity index (χ2n) is 12.0. The molecule has 4 heterocycles. The molecule has 0 bridgehead atoms. The molecule has 0 atom stereocenters. The second kappa shape index (κ2) is 9.29. The van der Waals surface area contributed by atoms with Crippen LogP contribution in [-0.2, 0) is 5.54 Å². The number of hydrogen-bond acceptors (Lipinski definition) is 6. The number of imide groups is 1. The highest BCUT2D eigenvalue weighted by Gasteiger charge is 2.60. The van der Waals surface area contributed by atoms with Gasteiger partial charge in [0.1, 0.15) is 0 Å². The normalized spacial score (nSPS) is 21.2. The van der Waals surface area contributed by atoms with Gasteiger partial charge >= 0.3 is 0 Å². The molecule has 44 heavy (non-hydrogen) atoms. The van der Waals surface area contributed by atoms with E-state index in [1.165, 1.54) is 4.90 Å². The maximum Gasteiger partial charge on any atom is 0.262 e. The van der Waals surface area contributed by atoms with Crippen molar-refractivity contribution < 1.29 is 14.7 Å². The third-order valence-corrected chi connectivity index (χ3v) is 9.14. The van der Waals surface area contributed by atoms with Gasteiger partial charge in [-0.2, -0.15) is 9.61 Å². The fraction of sp³-hybridized carbons (Fsp3) is 0.171. The fourth-order valence-corrected chi connectivity index (χ4v) is 7.21. The predicted octanol–water partition coefficient (Wildman–Crippen LogP) is 6.61. The van der Waals surface area contributed by atoms with Crippen LogP contribution in [0.1, 0.15) is 51.7 Å². The molecule has 1 aliphatic carbocycles. The van der Waals surface area contributed by atoms with Crippen molar-refractivity contribution in [1.82, 2.24) is 24.5 Å². The van der Waals surface area contributed by atoms with E-state index in [-0.39, 0.29) is 24.7 Å². The Kier molecular flexibility index (Phi) is 5.63. The summed E-state index contributed by atoms with van der Waals surface area (Å²) >= 11 is 6.69. The minimum Gasteiger partial charge on any atom is -0.390 e. The third-order valence-electron chi connectivity index (χ3n) is 8.81. The summed E-state index contributed by atoms with van der Waals surface area (Å²) in [5.74, 6) is -0.677. The van der Waals surface area contributed by atoms with Crippen LogP contribution in [0.2, 0.25) is 5.02 Å². The quantitative estimate of drug-likeness (QED) is 0.229. The average molecular weight is 600 g/mol. The van der Waals surface area contributed by atoms with Gasteiger partial charge in [-0.25, -0.2) is 9.97 Å². The zero-order valence-electron chi connectivity index (χ0n) is 24.0. The molecule has 0 saturated heterocycles. The standard InChI is InChI=1S/C35H26ClN5O3/c1-20-15-29-37-17-22-16-27(24-7-5-6-10-28(24)36)30(38-31(22)41(29)39-20)21-11-13-23(14-12-21)35(18-34(2,44)19-35)40-32(42)25-8-3-4-9-26(25)33(40)43/h3-17,44H,18-19H2,1-2H3/t34-,35-. The van der Waals surface area contributed by atoms with Gasteiger partial charge in [-0.1, -0.05) is 66.2 Å². The third kappa shape index (κ3) is 3.84. The number of rotatable bonds is 4. The molecule has 0 unspecified atom stereocenters. The Hall–Kier alpha value is -4.92. The van der Waals surface area contributed by atoms with Crippen molar-refractivity contribution in [3.63, 3.8) is 0 Å². The van der Waals surface area contributed by atoms with Crippen LogP contribution in [0.3, 0.4) is 0 Å². The average Bonchev–Trinajstić information content (AvgIpc) is 3.51. The molecule has 2 aliphatic rings. The van der Waals surface area contributed by atoms with Gasteiger partial charge in [-0.05, 0) is 43.7 Å². The molecule has 3 aromatic heterocycles. The maximum atomic E-state index is 13.6.